The molecule has 1 saturated heterocycles. The molecule has 2 heterocycles. The average Bonchev–Trinajstić information content (AvgIpc) is 2.96. The fraction of sp³-hybridized carbons (Fsp3) is 0.583. The maximum Gasteiger partial charge on any atom is 0.409 e. The monoisotopic (exact) mass is 287 g/mol. The van der Waals surface area contributed by atoms with E-state index in [1.165, 1.54) is 4.21 Å². The Morgan fingerprint density at radius 3 is 3.11 bits per heavy atom. The van der Waals surface area contributed by atoms with Gasteiger partial charge in [0.25, 0.3) is 0 Å². The van der Waals surface area contributed by atoms with Gasteiger partial charge in [0.2, 0.25) is 0 Å². The summed E-state index contributed by atoms with van der Waals surface area (Å²) in [6, 6.07) is 2.00. The van der Waals surface area contributed by atoms with E-state index in [4.69, 9.17) is 4.74 Å². The van der Waals surface area contributed by atoms with Gasteiger partial charge >= 0.3 is 6.09 Å². The van der Waals surface area contributed by atoms with Gasteiger partial charge < -0.3 is 14.7 Å². The van der Waals surface area contributed by atoms with E-state index >= 15 is 0 Å². The summed E-state index contributed by atoms with van der Waals surface area (Å²) in [5, 5.41) is 12.6. The number of ether oxygens (including phenoxy) is 1. The first-order valence-electron chi connectivity index (χ1n) is 5.86. The molecule has 0 aliphatic carbocycles. The summed E-state index contributed by atoms with van der Waals surface area (Å²) in [7, 11) is 0. The van der Waals surface area contributed by atoms with Crippen molar-refractivity contribution in [1.82, 2.24) is 4.90 Å². The number of carbonyl (C=O) groups is 1. The van der Waals surface area contributed by atoms with Crippen LogP contribution < -0.4 is 0 Å². The number of thiophene rings is 1. The topological polar surface area (TPSA) is 49.8 Å². The molecule has 1 aliphatic rings. The lowest BCUT2D eigenvalue weighted by molar-refractivity contribution is 0.0426. The van der Waals surface area contributed by atoms with Crippen LogP contribution in [0, 0.1) is 0 Å². The molecule has 0 radical (unpaired) electrons. The number of hydrogen-bond donors (Lipinski definition) is 1. The van der Waals surface area contributed by atoms with Gasteiger partial charge in [0.05, 0.1) is 17.4 Å². The number of hydrogen-bond acceptors (Lipinski definition) is 5. The summed E-state index contributed by atoms with van der Waals surface area (Å²) in [6.07, 6.45) is 2.24. The van der Waals surface area contributed by atoms with Gasteiger partial charge in [-0.3, -0.25) is 0 Å². The summed E-state index contributed by atoms with van der Waals surface area (Å²) in [5.74, 6) is 0. The molecule has 6 heteroatoms. The second-order valence-electron chi connectivity index (χ2n) is 4.26. The van der Waals surface area contributed by atoms with Gasteiger partial charge in [-0.05, 0) is 36.6 Å². The van der Waals surface area contributed by atoms with Crippen LogP contribution in [0.2, 0.25) is 0 Å². The first kappa shape index (κ1) is 13.7. The number of carbonyl (C=O) groups excluding carboxylic acids is 1. The molecular formula is C12H17NO3S2. The molecule has 100 valence electrons. The fourth-order valence-electron chi connectivity index (χ4n) is 2.07. The molecule has 0 spiro atoms. The zero-order valence-corrected chi connectivity index (χ0v) is 12.1. The van der Waals surface area contributed by atoms with Gasteiger partial charge in [0, 0.05) is 6.54 Å². The number of thioether (sulfide) groups is 1. The van der Waals surface area contributed by atoms with Gasteiger partial charge in [-0.15, -0.1) is 23.1 Å². The highest BCUT2D eigenvalue weighted by molar-refractivity contribution is 8.00. The van der Waals surface area contributed by atoms with Crippen LogP contribution in [-0.4, -0.2) is 42.1 Å². The summed E-state index contributed by atoms with van der Waals surface area (Å²) in [5.41, 5.74) is -0.0132. The van der Waals surface area contributed by atoms with Gasteiger partial charge in [-0.2, -0.15) is 0 Å². The van der Waals surface area contributed by atoms with Gasteiger partial charge in [0.1, 0.15) is 5.60 Å². The van der Waals surface area contributed by atoms with E-state index in [9.17, 15) is 9.90 Å². The van der Waals surface area contributed by atoms with Gasteiger partial charge in [-0.25, -0.2) is 4.79 Å². The van der Waals surface area contributed by atoms with Crippen LogP contribution >= 0.6 is 23.1 Å². The minimum atomic E-state index is -0.919. The zero-order chi connectivity index (χ0) is 13.2. The Bertz CT molecular complexity index is 435. The van der Waals surface area contributed by atoms with Crippen LogP contribution in [0.25, 0.3) is 0 Å². The first-order valence-corrected chi connectivity index (χ1v) is 7.96. The molecule has 1 atom stereocenters. The van der Waals surface area contributed by atoms with Crippen molar-refractivity contribution in [1.29, 1.82) is 0 Å². The van der Waals surface area contributed by atoms with E-state index in [0.717, 1.165) is 5.56 Å². The zero-order valence-electron chi connectivity index (χ0n) is 10.5. The van der Waals surface area contributed by atoms with Crippen molar-refractivity contribution in [3.05, 3.63) is 17.0 Å². The quantitative estimate of drug-likeness (QED) is 0.868. The van der Waals surface area contributed by atoms with Crippen molar-refractivity contribution < 1.29 is 14.6 Å². The molecule has 2 rings (SSSR count). The highest BCUT2D eigenvalue weighted by atomic mass is 32.2. The average molecular weight is 287 g/mol. The Kier molecular flexibility index (Phi) is 4.19. The van der Waals surface area contributed by atoms with Crippen LogP contribution in [0.4, 0.5) is 4.79 Å². The Labute approximate surface area is 115 Å². The fourth-order valence-corrected chi connectivity index (χ4v) is 3.57. The predicted molar refractivity (Wildman–Crippen MR) is 73.2 cm³/mol. The van der Waals surface area contributed by atoms with E-state index < -0.39 is 5.60 Å². The summed E-state index contributed by atoms with van der Waals surface area (Å²) in [6.45, 7) is 3.00. The van der Waals surface area contributed by atoms with Crippen molar-refractivity contribution in [3.8, 4) is 0 Å². The number of amides is 1. The lowest BCUT2D eigenvalue weighted by Crippen LogP contribution is -2.34. The maximum absolute atomic E-state index is 11.6. The van der Waals surface area contributed by atoms with Gasteiger partial charge in [-0.1, -0.05) is 0 Å². The van der Waals surface area contributed by atoms with E-state index in [2.05, 4.69) is 0 Å². The van der Waals surface area contributed by atoms with E-state index in [-0.39, 0.29) is 6.09 Å². The SMILES string of the molecule is CCOC(=O)N1CCC(O)(c2csc(SC)c2)C1. The molecule has 0 aromatic carbocycles. The van der Waals surface area contributed by atoms with E-state index in [1.54, 1.807) is 34.9 Å². The predicted octanol–water partition coefficient (Wildman–Crippen LogP) is 2.52. The Morgan fingerprint density at radius 1 is 1.72 bits per heavy atom. The van der Waals surface area contributed by atoms with Crippen molar-refractivity contribution >= 4 is 29.2 Å². The smallest absolute Gasteiger partial charge is 0.409 e. The third kappa shape index (κ3) is 2.65. The maximum atomic E-state index is 11.6. The molecule has 1 N–H and O–H groups in total. The van der Waals surface area contributed by atoms with E-state index in [0.29, 0.717) is 26.1 Å². The lowest BCUT2D eigenvalue weighted by Gasteiger charge is -2.22. The Morgan fingerprint density at radius 2 is 2.50 bits per heavy atom. The van der Waals surface area contributed by atoms with E-state index in [1.807, 2.05) is 17.7 Å². The second-order valence-corrected chi connectivity index (χ2v) is 6.28. The van der Waals surface area contributed by atoms with Crippen molar-refractivity contribution in [3.63, 3.8) is 0 Å². The number of nitrogens with zero attached hydrogens (tertiary/aromatic N) is 1. The number of aliphatic hydroxyl groups is 1. The normalized spacial score (nSPS) is 23.4. The van der Waals surface area contributed by atoms with Crippen molar-refractivity contribution in [2.24, 2.45) is 0 Å². The highest BCUT2D eigenvalue weighted by Gasteiger charge is 2.40. The summed E-state index contributed by atoms with van der Waals surface area (Å²) in [4.78, 5) is 13.2. The highest BCUT2D eigenvalue weighted by Crippen LogP contribution is 2.36. The molecule has 1 aliphatic heterocycles. The van der Waals surface area contributed by atoms with Crippen LogP contribution in [0.1, 0.15) is 18.9 Å². The minimum absolute atomic E-state index is 0.316. The van der Waals surface area contributed by atoms with Crippen LogP contribution in [0.5, 0.6) is 0 Å². The first-order chi connectivity index (χ1) is 8.59. The molecule has 4 nitrogen and oxygen atoms in total. The molecule has 0 bridgehead atoms. The second kappa shape index (κ2) is 5.50. The number of β-amino-alcohol motifs (C(OH)–C–C–N with tert-alkyl or cyclic N) is 1. The largest absolute Gasteiger partial charge is 0.450 e. The molecular weight excluding hydrogens is 270 g/mol. The molecule has 1 amide bonds. The van der Waals surface area contributed by atoms with Crippen LogP contribution in [0.3, 0.4) is 0 Å². The number of rotatable bonds is 3. The Balaban J connectivity index is 2.07. The third-order valence-electron chi connectivity index (χ3n) is 3.09. The molecule has 1 fully saturated rings. The molecule has 18 heavy (non-hydrogen) atoms. The Hall–Kier alpha value is -0.720. The molecule has 0 saturated carbocycles. The van der Waals surface area contributed by atoms with Crippen molar-refractivity contribution in [2.45, 2.75) is 23.2 Å². The van der Waals surface area contributed by atoms with Gasteiger partial charge in [0.15, 0.2) is 0 Å². The molecule has 1 aromatic rings. The van der Waals surface area contributed by atoms with Crippen LogP contribution in [0.15, 0.2) is 15.7 Å². The molecule has 1 unspecified atom stereocenters. The summed E-state index contributed by atoms with van der Waals surface area (Å²) >= 11 is 3.29. The standard InChI is InChI=1S/C12H17NO3S2/c1-3-16-11(14)13-5-4-12(15,8-13)9-6-10(17-2)18-7-9/h6-7,15H,3-5,8H2,1-2H3. The van der Waals surface area contributed by atoms with Crippen LogP contribution in [-0.2, 0) is 10.3 Å². The lowest BCUT2D eigenvalue weighted by atomic mass is 9.96. The summed E-state index contributed by atoms with van der Waals surface area (Å²) < 4.78 is 6.13. The molecule has 1 aromatic heterocycles. The third-order valence-corrected chi connectivity index (χ3v) is 5.12. The minimum Gasteiger partial charge on any atom is -0.450 e. The number of likely N-dealkylation sites (tertiary alicyclic amines) is 1. The van der Waals surface area contributed by atoms with Crippen molar-refractivity contribution in [2.75, 3.05) is 26.0 Å².